The van der Waals surface area contributed by atoms with Gasteiger partial charge in [-0.2, -0.15) is 0 Å². The standard InChI is InChI=1S/C38H44O22/c39-18-5-1-16(9-19(18)40)3-7-28(45)58-25-14-38(55,12-22(43)30(25)47)36(53)56-15-26-31(48)32(49)33(50)34(60-26)59-23-6-2-17(10-20(23)41)4-8-27(44)57-24-13-37(54,35(51)52)11-21(42)29(24)46/h1-10,21-22,24-26,29-34,39-43,46-50,54-55H,11-15H2,(H,51,52)/b7-3+,8-4+/t21-,22-,24-,25?,26-,29-,30-,31-,32+,33-,34-,37+,38+/m1/s1. The number of aliphatic carboxylic acids is 1. The number of hydrogen-bond acceptors (Lipinski definition) is 21. The molecule has 0 amide bonds. The highest BCUT2D eigenvalue weighted by Gasteiger charge is 2.53. The van der Waals surface area contributed by atoms with E-state index in [1.165, 1.54) is 18.2 Å². The van der Waals surface area contributed by atoms with Crippen molar-refractivity contribution in [3.8, 4) is 23.0 Å². The lowest BCUT2D eigenvalue weighted by atomic mass is 9.79. The number of aromatic hydroxyl groups is 3. The highest BCUT2D eigenvalue weighted by molar-refractivity contribution is 5.88. The number of carbonyl (C=O) groups is 4. The van der Waals surface area contributed by atoms with Crippen LogP contribution in [0.4, 0.5) is 0 Å². The molecule has 1 saturated heterocycles. The van der Waals surface area contributed by atoms with Crippen LogP contribution >= 0.6 is 0 Å². The summed E-state index contributed by atoms with van der Waals surface area (Å²) >= 11 is 0. The Labute approximate surface area is 338 Å². The second-order valence-electron chi connectivity index (χ2n) is 14.6. The predicted octanol–water partition coefficient (Wildman–Crippen LogP) is -3.34. The van der Waals surface area contributed by atoms with Crippen molar-refractivity contribution in [1.82, 2.24) is 0 Å². The first-order valence-electron chi connectivity index (χ1n) is 18.2. The molecule has 22 nitrogen and oxygen atoms in total. The Bertz CT molecular complexity index is 1970. The molecule has 22 heteroatoms. The molecule has 2 saturated carbocycles. The van der Waals surface area contributed by atoms with Crippen molar-refractivity contribution in [2.24, 2.45) is 0 Å². The van der Waals surface area contributed by atoms with E-state index in [0.717, 1.165) is 42.5 Å². The minimum atomic E-state index is -2.56. The number of aliphatic hydroxyl groups excluding tert-OH is 7. The average molecular weight is 853 g/mol. The third kappa shape index (κ3) is 10.5. The molecule has 0 radical (unpaired) electrons. The van der Waals surface area contributed by atoms with Crippen LogP contribution in [-0.2, 0) is 38.1 Å². The van der Waals surface area contributed by atoms with E-state index in [-0.39, 0.29) is 16.9 Å². The van der Waals surface area contributed by atoms with Crippen LogP contribution in [0.15, 0.2) is 48.6 Å². The fourth-order valence-corrected chi connectivity index (χ4v) is 6.72. The van der Waals surface area contributed by atoms with Gasteiger partial charge in [0.2, 0.25) is 6.29 Å². The van der Waals surface area contributed by atoms with Crippen LogP contribution in [0, 0.1) is 0 Å². The number of rotatable bonds is 12. The quantitative estimate of drug-likeness (QED) is 0.0429. The van der Waals surface area contributed by atoms with Crippen LogP contribution in [-0.4, -0.2) is 175 Å². The number of carbonyl (C=O) groups excluding carboxylic acids is 3. The lowest BCUT2D eigenvalue weighted by molar-refractivity contribution is -0.280. The van der Waals surface area contributed by atoms with Crippen molar-refractivity contribution in [2.45, 2.75) is 104 Å². The van der Waals surface area contributed by atoms with Crippen LogP contribution < -0.4 is 4.74 Å². The summed E-state index contributed by atoms with van der Waals surface area (Å²) in [4.78, 5) is 49.4. The topological polar surface area (TPSA) is 377 Å². The largest absolute Gasteiger partial charge is 0.504 e. The van der Waals surface area contributed by atoms with Gasteiger partial charge in [-0.25, -0.2) is 19.2 Å². The number of phenolic OH excluding ortho intramolecular Hbond substituents is 3. The van der Waals surface area contributed by atoms with E-state index in [4.69, 9.17) is 23.7 Å². The van der Waals surface area contributed by atoms with E-state index in [9.17, 15) is 85.6 Å². The number of hydrogen-bond donors (Lipinski definition) is 13. The van der Waals surface area contributed by atoms with Crippen molar-refractivity contribution in [1.29, 1.82) is 0 Å². The number of carboxylic acids is 1. The molecule has 3 aliphatic rings. The molecule has 13 atom stereocenters. The Morgan fingerprint density at radius 1 is 0.650 bits per heavy atom. The molecule has 1 heterocycles. The van der Waals surface area contributed by atoms with E-state index in [1.54, 1.807) is 0 Å². The van der Waals surface area contributed by atoms with Gasteiger partial charge in [-0.05, 0) is 47.5 Å². The van der Waals surface area contributed by atoms with Gasteiger partial charge in [0, 0.05) is 37.8 Å². The maximum absolute atomic E-state index is 13.1. The molecule has 328 valence electrons. The maximum atomic E-state index is 13.1. The normalized spacial score (nSPS) is 34.5. The summed E-state index contributed by atoms with van der Waals surface area (Å²) in [5.74, 6) is -7.12. The Kier molecular flexibility index (Phi) is 14.1. The molecule has 60 heavy (non-hydrogen) atoms. The summed E-state index contributed by atoms with van der Waals surface area (Å²) in [6.45, 7) is -0.893. The Balaban J connectivity index is 1.17. The predicted molar refractivity (Wildman–Crippen MR) is 194 cm³/mol. The van der Waals surface area contributed by atoms with E-state index in [1.807, 2.05) is 0 Å². The third-order valence-corrected chi connectivity index (χ3v) is 10.1. The zero-order valence-corrected chi connectivity index (χ0v) is 31.1. The molecule has 1 aliphatic heterocycles. The monoisotopic (exact) mass is 852 g/mol. The fraction of sp³-hybridized carbons (Fsp3) is 0.474. The summed E-state index contributed by atoms with van der Waals surface area (Å²) in [7, 11) is 0. The highest BCUT2D eigenvalue weighted by atomic mass is 16.7. The molecule has 1 unspecified atom stereocenters. The molecule has 13 N–H and O–H groups in total. The van der Waals surface area contributed by atoms with E-state index in [0.29, 0.717) is 0 Å². The number of phenols is 3. The van der Waals surface area contributed by atoms with Gasteiger partial charge in [-0.15, -0.1) is 0 Å². The van der Waals surface area contributed by atoms with Gasteiger partial charge in [0.05, 0.1) is 12.2 Å². The van der Waals surface area contributed by atoms with Crippen LogP contribution in [0.2, 0.25) is 0 Å². The minimum absolute atomic E-state index is 0.149. The summed E-state index contributed by atoms with van der Waals surface area (Å²) in [5.41, 5.74) is -4.59. The van der Waals surface area contributed by atoms with E-state index in [2.05, 4.69) is 0 Å². The van der Waals surface area contributed by atoms with Crippen molar-refractivity contribution < 1.29 is 109 Å². The number of carboxylic acid groups (broad SMARTS) is 1. The second-order valence-corrected chi connectivity index (χ2v) is 14.6. The van der Waals surface area contributed by atoms with Crippen LogP contribution in [0.3, 0.4) is 0 Å². The molecule has 0 aromatic heterocycles. The summed E-state index contributed by atoms with van der Waals surface area (Å²) in [6, 6.07) is 7.16. The van der Waals surface area contributed by atoms with Crippen molar-refractivity contribution in [3.63, 3.8) is 0 Å². The van der Waals surface area contributed by atoms with Gasteiger partial charge in [-0.1, -0.05) is 12.1 Å². The van der Waals surface area contributed by atoms with E-state index < -0.39 is 152 Å². The van der Waals surface area contributed by atoms with Gasteiger partial charge in [-0.3, -0.25) is 0 Å². The summed E-state index contributed by atoms with van der Waals surface area (Å²) in [6.07, 6.45) is -18.3. The van der Waals surface area contributed by atoms with Crippen molar-refractivity contribution in [2.75, 3.05) is 6.61 Å². The Hall–Kier alpha value is -5.40. The number of benzene rings is 2. The number of esters is 3. The minimum Gasteiger partial charge on any atom is -0.504 e. The molecular formula is C38H44O22. The van der Waals surface area contributed by atoms with E-state index >= 15 is 0 Å². The van der Waals surface area contributed by atoms with Gasteiger partial charge in [0.1, 0.15) is 55.4 Å². The molecule has 2 aromatic rings. The third-order valence-electron chi connectivity index (χ3n) is 10.1. The number of ether oxygens (including phenoxy) is 5. The molecule has 0 bridgehead atoms. The first-order valence-corrected chi connectivity index (χ1v) is 18.2. The van der Waals surface area contributed by atoms with Crippen LogP contribution in [0.25, 0.3) is 12.2 Å². The van der Waals surface area contributed by atoms with Gasteiger partial charge >= 0.3 is 23.9 Å². The van der Waals surface area contributed by atoms with Crippen LogP contribution in [0.5, 0.6) is 23.0 Å². The molecule has 5 rings (SSSR count). The molecule has 0 spiro atoms. The Morgan fingerprint density at radius 2 is 1.17 bits per heavy atom. The molecule has 3 fully saturated rings. The van der Waals surface area contributed by atoms with Gasteiger partial charge in [0.25, 0.3) is 0 Å². The highest BCUT2D eigenvalue weighted by Crippen LogP contribution is 2.35. The molecule has 2 aromatic carbocycles. The summed E-state index contributed by atoms with van der Waals surface area (Å²) in [5, 5.41) is 133. The molecular weight excluding hydrogens is 808 g/mol. The summed E-state index contributed by atoms with van der Waals surface area (Å²) < 4.78 is 26.3. The van der Waals surface area contributed by atoms with Gasteiger partial charge in [0.15, 0.2) is 34.2 Å². The van der Waals surface area contributed by atoms with Crippen molar-refractivity contribution >= 4 is 36.0 Å². The lowest BCUT2D eigenvalue weighted by Crippen LogP contribution is -2.61. The Morgan fingerprint density at radius 3 is 1.70 bits per heavy atom. The lowest BCUT2D eigenvalue weighted by Gasteiger charge is -2.41. The zero-order valence-electron chi connectivity index (χ0n) is 31.1. The van der Waals surface area contributed by atoms with Crippen molar-refractivity contribution in [3.05, 3.63) is 59.7 Å². The fourth-order valence-electron chi connectivity index (χ4n) is 6.72. The molecule has 2 aliphatic carbocycles. The SMILES string of the molecule is O=C(/C=C/c1ccc(O)c(O)c1)OC1C[C@](O)(C(=O)OC[C@H]2O[C@@H](Oc3ccc(/C=C/C(=O)O[C@@H]4C[C@](O)(C(=O)O)C[C@@H](O)[C@H]4O)cc3O)[C@H](O)[C@@H](O)[C@@H]2O)C[C@@H](O)[C@H]1O. The second kappa shape index (κ2) is 18.5. The zero-order chi connectivity index (χ0) is 44.3. The average Bonchev–Trinajstić information content (AvgIpc) is 3.18. The first-order chi connectivity index (χ1) is 28.1. The number of aliphatic hydroxyl groups is 9. The van der Waals surface area contributed by atoms with Gasteiger partial charge < -0.3 is 90.1 Å². The smallest absolute Gasteiger partial charge is 0.338 e. The first kappa shape index (κ1) is 45.7. The van der Waals surface area contributed by atoms with Crippen LogP contribution in [0.1, 0.15) is 36.8 Å². The maximum Gasteiger partial charge on any atom is 0.338 e.